The van der Waals surface area contributed by atoms with E-state index >= 15 is 0 Å². The molecule has 0 aromatic heterocycles. The molecule has 0 atom stereocenters. The third kappa shape index (κ3) is 3.02. The minimum atomic E-state index is -0.683. The highest BCUT2D eigenvalue weighted by molar-refractivity contribution is 6.27. The van der Waals surface area contributed by atoms with Gasteiger partial charge in [0.05, 0.1) is 25.5 Å². The molecule has 0 radical (unpaired) electrons. The van der Waals surface area contributed by atoms with Gasteiger partial charge in [0.15, 0.2) is 0 Å². The number of nitrogens with zero attached hydrogens (tertiary/aromatic N) is 1. The summed E-state index contributed by atoms with van der Waals surface area (Å²) in [5.41, 5.74) is 0.264. The Morgan fingerprint density at radius 3 is 2.52 bits per heavy atom. The van der Waals surface area contributed by atoms with Crippen LogP contribution in [0.25, 0.3) is 0 Å². The van der Waals surface area contributed by atoms with Crippen molar-refractivity contribution in [2.75, 3.05) is 18.6 Å². The van der Waals surface area contributed by atoms with Crippen molar-refractivity contribution < 1.29 is 23.9 Å². The molecular formula is C14H14N2O5. The van der Waals surface area contributed by atoms with E-state index in [2.05, 4.69) is 5.32 Å². The largest absolute Gasteiger partial charge is 0.497 e. The summed E-state index contributed by atoms with van der Waals surface area (Å²) in [4.78, 5) is 36.3. The molecule has 0 spiro atoms. The van der Waals surface area contributed by atoms with Crippen LogP contribution >= 0.6 is 0 Å². The van der Waals surface area contributed by atoms with Crippen molar-refractivity contribution in [2.45, 2.75) is 6.92 Å². The number of imide groups is 1. The van der Waals surface area contributed by atoms with Crippen LogP contribution in [0.4, 0.5) is 10.5 Å². The Bertz CT molecular complexity index is 606. The van der Waals surface area contributed by atoms with Gasteiger partial charge in [-0.2, -0.15) is 0 Å². The third-order valence-corrected chi connectivity index (χ3v) is 2.76. The lowest BCUT2D eigenvalue weighted by molar-refractivity contribution is -0.137. The number of hydrogen-bond acceptors (Lipinski definition) is 5. The average molecular weight is 290 g/mol. The Balaban J connectivity index is 2.23. The monoisotopic (exact) mass is 290 g/mol. The number of carbonyl (C=O) groups is 3. The number of urea groups is 1. The lowest BCUT2D eigenvalue weighted by Gasteiger charge is -2.12. The van der Waals surface area contributed by atoms with Gasteiger partial charge in [0, 0.05) is 0 Å². The molecule has 0 saturated carbocycles. The second-order valence-electron chi connectivity index (χ2n) is 4.08. The average Bonchev–Trinajstić information content (AvgIpc) is 2.74. The topological polar surface area (TPSA) is 84.9 Å². The van der Waals surface area contributed by atoms with E-state index < -0.39 is 17.9 Å². The maximum absolute atomic E-state index is 12.1. The number of ether oxygens (including phenoxy) is 2. The van der Waals surface area contributed by atoms with Crippen molar-refractivity contribution in [2.24, 2.45) is 0 Å². The fourth-order valence-electron chi connectivity index (χ4n) is 1.80. The summed E-state index contributed by atoms with van der Waals surface area (Å²) in [6, 6.07) is 5.78. The molecule has 110 valence electrons. The fourth-order valence-corrected chi connectivity index (χ4v) is 1.80. The molecule has 1 N–H and O–H groups in total. The number of anilines is 1. The van der Waals surface area contributed by atoms with Gasteiger partial charge in [0.2, 0.25) is 0 Å². The van der Waals surface area contributed by atoms with Crippen LogP contribution in [0.2, 0.25) is 0 Å². The summed E-state index contributed by atoms with van der Waals surface area (Å²) in [6.45, 7) is 1.84. The second kappa shape index (κ2) is 6.08. The van der Waals surface area contributed by atoms with Gasteiger partial charge in [-0.25, -0.2) is 14.5 Å². The van der Waals surface area contributed by atoms with E-state index in [4.69, 9.17) is 9.47 Å². The Hall–Kier alpha value is -2.83. The standard InChI is InChI=1S/C14H14N2O5/c1-3-21-12(17)8-11-13(18)16(14(19)15-11)9-4-6-10(20-2)7-5-9/h4-8H,3H2,1-2H3,(H,15,19). The summed E-state index contributed by atoms with van der Waals surface area (Å²) in [5, 5.41) is 2.34. The van der Waals surface area contributed by atoms with Gasteiger partial charge < -0.3 is 14.8 Å². The first kappa shape index (κ1) is 14.6. The molecule has 1 fully saturated rings. The van der Waals surface area contributed by atoms with E-state index in [0.717, 1.165) is 11.0 Å². The Kier molecular flexibility index (Phi) is 4.22. The molecule has 7 heteroatoms. The van der Waals surface area contributed by atoms with Gasteiger partial charge in [0.25, 0.3) is 5.91 Å². The van der Waals surface area contributed by atoms with Crippen LogP contribution in [0.3, 0.4) is 0 Å². The number of rotatable bonds is 4. The maximum Gasteiger partial charge on any atom is 0.333 e. The predicted molar refractivity (Wildman–Crippen MR) is 73.7 cm³/mol. The molecule has 1 aromatic carbocycles. The van der Waals surface area contributed by atoms with Crippen LogP contribution in [-0.4, -0.2) is 31.6 Å². The lowest BCUT2D eigenvalue weighted by atomic mass is 10.2. The minimum absolute atomic E-state index is 0.116. The Labute approximate surface area is 121 Å². The van der Waals surface area contributed by atoms with Gasteiger partial charge >= 0.3 is 12.0 Å². The molecule has 1 aliphatic heterocycles. The molecule has 1 aromatic rings. The predicted octanol–water partition coefficient (Wildman–Crippen LogP) is 1.20. The zero-order valence-corrected chi connectivity index (χ0v) is 11.6. The zero-order valence-electron chi connectivity index (χ0n) is 11.6. The van der Waals surface area contributed by atoms with E-state index in [1.165, 1.54) is 7.11 Å². The molecule has 0 bridgehead atoms. The Morgan fingerprint density at radius 1 is 1.29 bits per heavy atom. The van der Waals surface area contributed by atoms with E-state index in [-0.39, 0.29) is 12.3 Å². The van der Waals surface area contributed by atoms with Gasteiger partial charge in [-0.1, -0.05) is 0 Å². The summed E-state index contributed by atoms with van der Waals surface area (Å²) in [7, 11) is 1.52. The van der Waals surface area contributed by atoms with Crippen molar-refractivity contribution in [3.8, 4) is 5.75 Å². The van der Waals surface area contributed by atoms with Crippen LogP contribution in [0, 0.1) is 0 Å². The number of hydrogen-bond donors (Lipinski definition) is 1. The normalized spacial score (nSPS) is 16.1. The minimum Gasteiger partial charge on any atom is -0.497 e. The molecule has 2 rings (SSSR count). The molecule has 1 saturated heterocycles. The van der Waals surface area contributed by atoms with Crippen molar-refractivity contribution in [1.82, 2.24) is 5.32 Å². The van der Waals surface area contributed by atoms with Gasteiger partial charge in [-0.05, 0) is 31.2 Å². The summed E-state index contributed by atoms with van der Waals surface area (Å²) in [6.07, 6.45) is 0.966. The first-order valence-corrected chi connectivity index (χ1v) is 6.24. The summed E-state index contributed by atoms with van der Waals surface area (Å²) >= 11 is 0. The number of nitrogens with one attached hydrogen (secondary N) is 1. The summed E-state index contributed by atoms with van der Waals surface area (Å²) < 4.78 is 9.71. The first-order valence-electron chi connectivity index (χ1n) is 6.24. The maximum atomic E-state index is 12.1. The fraction of sp³-hybridized carbons (Fsp3) is 0.214. The number of amides is 3. The van der Waals surface area contributed by atoms with Crippen molar-refractivity contribution in [3.63, 3.8) is 0 Å². The highest BCUT2D eigenvalue weighted by Crippen LogP contribution is 2.23. The Morgan fingerprint density at radius 2 is 1.95 bits per heavy atom. The first-order chi connectivity index (χ1) is 10.1. The number of methoxy groups -OCH3 is 1. The molecule has 1 aliphatic rings. The molecule has 3 amide bonds. The van der Waals surface area contributed by atoms with E-state index in [1.54, 1.807) is 31.2 Å². The number of benzene rings is 1. The van der Waals surface area contributed by atoms with Gasteiger partial charge in [0.1, 0.15) is 11.4 Å². The molecule has 0 unspecified atom stereocenters. The van der Waals surface area contributed by atoms with Crippen molar-refractivity contribution in [1.29, 1.82) is 0 Å². The number of esters is 1. The van der Waals surface area contributed by atoms with Crippen LogP contribution in [0.1, 0.15) is 6.92 Å². The van der Waals surface area contributed by atoms with E-state index in [1.807, 2.05) is 0 Å². The van der Waals surface area contributed by atoms with Crippen molar-refractivity contribution >= 4 is 23.6 Å². The molecule has 7 nitrogen and oxygen atoms in total. The van der Waals surface area contributed by atoms with E-state index in [9.17, 15) is 14.4 Å². The number of carbonyl (C=O) groups excluding carboxylic acids is 3. The zero-order chi connectivity index (χ0) is 15.4. The van der Waals surface area contributed by atoms with Crippen LogP contribution in [-0.2, 0) is 14.3 Å². The molecule has 0 aliphatic carbocycles. The molecule has 21 heavy (non-hydrogen) atoms. The highest BCUT2D eigenvalue weighted by atomic mass is 16.5. The van der Waals surface area contributed by atoms with Gasteiger partial charge in [-0.15, -0.1) is 0 Å². The van der Waals surface area contributed by atoms with Crippen LogP contribution < -0.4 is 15.0 Å². The third-order valence-electron chi connectivity index (χ3n) is 2.76. The lowest BCUT2D eigenvalue weighted by Crippen LogP contribution is -2.30. The highest BCUT2D eigenvalue weighted by Gasteiger charge is 2.35. The van der Waals surface area contributed by atoms with Crippen LogP contribution in [0.15, 0.2) is 36.0 Å². The molecular weight excluding hydrogens is 276 g/mol. The summed E-state index contributed by atoms with van der Waals surface area (Å²) in [5.74, 6) is -0.691. The van der Waals surface area contributed by atoms with Crippen LogP contribution in [0.5, 0.6) is 5.75 Å². The van der Waals surface area contributed by atoms with E-state index in [0.29, 0.717) is 11.4 Å². The van der Waals surface area contributed by atoms with Crippen molar-refractivity contribution in [3.05, 3.63) is 36.0 Å². The smallest absolute Gasteiger partial charge is 0.333 e. The molecule has 1 heterocycles. The van der Waals surface area contributed by atoms with Gasteiger partial charge in [-0.3, -0.25) is 4.79 Å². The second-order valence-corrected chi connectivity index (χ2v) is 4.08. The quantitative estimate of drug-likeness (QED) is 0.511. The SMILES string of the molecule is CCOC(=O)C=C1NC(=O)N(c2ccc(OC)cc2)C1=O.